The summed E-state index contributed by atoms with van der Waals surface area (Å²) in [4.78, 5) is 13.8. The topological polar surface area (TPSA) is 32.3 Å². The third-order valence-corrected chi connectivity index (χ3v) is 2.51. The maximum absolute atomic E-state index is 11.9. The Kier molecular flexibility index (Phi) is 9.06. The molecule has 0 rings (SSSR count). The second-order valence-electron chi connectivity index (χ2n) is 4.77. The van der Waals surface area contributed by atoms with E-state index in [-0.39, 0.29) is 6.03 Å². The Morgan fingerprint density at radius 1 is 1.12 bits per heavy atom. The van der Waals surface area contributed by atoms with Gasteiger partial charge in [0.2, 0.25) is 0 Å². The van der Waals surface area contributed by atoms with Gasteiger partial charge in [0.05, 0.1) is 0 Å². The highest BCUT2D eigenvalue weighted by molar-refractivity contribution is 5.74. The summed E-state index contributed by atoms with van der Waals surface area (Å²) in [5.41, 5.74) is 0. The molecule has 0 radical (unpaired) electrons. The highest BCUT2D eigenvalue weighted by atomic mass is 16.2. The fourth-order valence-corrected chi connectivity index (χ4v) is 1.42. The molecule has 1 N–H and O–H groups in total. The van der Waals surface area contributed by atoms with E-state index in [0.29, 0.717) is 5.92 Å². The lowest BCUT2D eigenvalue weighted by Gasteiger charge is -2.23. The van der Waals surface area contributed by atoms with Gasteiger partial charge in [-0.3, -0.25) is 0 Å². The molecule has 0 atom stereocenters. The Morgan fingerprint density at radius 2 is 1.62 bits per heavy atom. The lowest BCUT2D eigenvalue weighted by Crippen LogP contribution is -2.42. The molecule has 0 aromatic rings. The zero-order valence-electron chi connectivity index (χ0n) is 11.4. The quantitative estimate of drug-likeness (QED) is 0.679. The summed E-state index contributed by atoms with van der Waals surface area (Å²) >= 11 is 0. The van der Waals surface area contributed by atoms with Crippen molar-refractivity contribution in [3.8, 4) is 0 Å². The summed E-state index contributed by atoms with van der Waals surface area (Å²) in [5, 5.41) is 2.99. The first-order valence-corrected chi connectivity index (χ1v) is 6.64. The van der Waals surface area contributed by atoms with E-state index in [9.17, 15) is 4.79 Å². The summed E-state index contributed by atoms with van der Waals surface area (Å²) < 4.78 is 0. The minimum atomic E-state index is 0.107. The molecule has 0 aliphatic rings. The highest BCUT2D eigenvalue weighted by Crippen LogP contribution is 2.00. The Labute approximate surface area is 101 Å². The first-order valence-electron chi connectivity index (χ1n) is 6.64. The van der Waals surface area contributed by atoms with E-state index < -0.39 is 0 Å². The van der Waals surface area contributed by atoms with Gasteiger partial charge in [0.1, 0.15) is 0 Å². The molecule has 3 heteroatoms. The number of unbranched alkanes of at least 4 members (excludes halogenated alkanes) is 2. The molecule has 0 spiro atoms. The summed E-state index contributed by atoms with van der Waals surface area (Å²) in [6.07, 6.45) is 4.47. The Balaban J connectivity index is 3.98. The van der Waals surface area contributed by atoms with Gasteiger partial charge in [-0.1, -0.05) is 40.5 Å². The number of carbonyl (C=O) groups excluding carboxylic acids is 1. The second kappa shape index (κ2) is 9.49. The van der Waals surface area contributed by atoms with Crippen molar-refractivity contribution in [2.45, 2.75) is 53.4 Å². The first-order chi connectivity index (χ1) is 7.61. The lowest BCUT2D eigenvalue weighted by molar-refractivity contribution is 0.194. The minimum Gasteiger partial charge on any atom is -0.338 e. The SMILES string of the molecule is CCCCN(CCCC)C(=O)NCC(C)C. The fraction of sp³-hybridized carbons (Fsp3) is 0.923. The molecule has 16 heavy (non-hydrogen) atoms. The van der Waals surface area contributed by atoms with Crippen molar-refractivity contribution in [3.63, 3.8) is 0 Å². The summed E-state index contributed by atoms with van der Waals surface area (Å²) in [6, 6.07) is 0.107. The van der Waals surface area contributed by atoms with E-state index >= 15 is 0 Å². The van der Waals surface area contributed by atoms with Crippen LogP contribution >= 0.6 is 0 Å². The monoisotopic (exact) mass is 228 g/mol. The number of nitrogens with zero attached hydrogens (tertiary/aromatic N) is 1. The van der Waals surface area contributed by atoms with Gasteiger partial charge in [0, 0.05) is 19.6 Å². The van der Waals surface area contributed by atoms with Crippen LogP contribution in [0, 0.1) is 5.92 Å². The van der Waals surface area contributed by atoms with Gasteiger partial charge < -0.3 is 10.2 Å². The molecule has 0 saturated carbocycles. The van der Waals surface area contributed by atoms with Gasteiger partial charge >= 0.3 is 6.03 Å². The van der Waals surface area contributed by atoms with E-state index in [2.05, 4.69) is 33.0 Å². The van der Waals surface area contributed by atoms with Crippen molar-refractivity contribution in [2.75, 3.05) is 19.6 Å². The molecule has 96 valence electrons. The zero-order valence-corrected chi connectivity index (χ0v) is 11.4. The van der Waals surface area contributed by atoms with Crippen LogP contribution in [0.4, 0.5) is 4.79 Å². The predicted octanol–water partition coefficient (Wildman–Crippen LogP) is 3.25. The fourth-order valence-electron chi connectivity index (χ4n) is 1.42. The molecular formula is C13H28N2O. The number of hydrogen-bond acceptors (Lipinski definition) is 1. The Hall–Kier alpha value is -0.730. The van der Waals surface area contributed by atoms with E-state index in [0.717, 1.165) is 45.3 Å². The van der Waals surface area contributed by atoms with Gasteiger partial charge in [-0.2, -0.15) is 0 Å². The molecule has 0 aromatic heterocycles. The van der Waals surface area contributed by atoms with Crippen molar-refractivity contribution >= 4 is 6.03 Å². The second-order valence-corrected chi connectivity index (χ2v) is 4.77. The van der Waals surface area contributed by atoms with Crippen molar-refractivity contribution < 1.29 is 4.79 Å². The van der Waals surface area contributed by atoms with Crippen LogP contribution in [0.15, 0.2) is 0 Å². The van der Waals surface area contributed by atoms with Gasteiger partial charge in [0.25, 0.3) is 0 Å². The molecule has 3 nitrogen and oxygen atoms in total. The van der Waals surface area contributed by atoms with Crippen LogP contribution in [0.2, 0.25) is 0 Å². The van der Waals surface area contributed by atoms with E-state index in [4.69, 9.17) is 0 Å². The number of hydrogen-bond donors (Lipinski definition) is 1. The molecule has 0 unspecified atom stereocenters. The van der Waals surface area contributed by atoms with E-state index in [1.54, 1.807) is 0 Å². The third-order valence-electron chi connectivity index (χ3n) is 2.51. The normalized spacial score (nSPS) is 10.6. The third kappa shape index (κ3) is 7.55. The predicted molar refractivity (Wildman–Crippen MR) is 69.6 cm³/mol. The summed E-state index contributed by atoms with van der Waals surface area (Å²) in [5.74, 6) is 0.517. The number of rotatable bonds is 8. The molecule has 0 aliphatic heterocycles. The standard InChI is InChI=1S/C13H28N2O/c1-5-7-9-15(10-8-6-2)13(16)14-11-12(3)4/h12H,5-11H2,1-4H3,(H,14,16). The van der Waals surface area contributed by atoms with Crippen LogP contribution in [-0.4, -0.2) is 30.6 Å². The van der Waals surface area contributed by atoms with Gasteiger partial charge in [-0.05, 0) is 18.8 Å². The van der Waals surface area contributed by atoms with Crippen LogP contribution < -0.4 is 5.32 Å². The lowest BCUT2D eigenvalue weighted by atomic mass is 10.2. The number of nitrogens with one attached hydrogen (secondary N) is 1. The number of urea groups is 1. The van der Waals surface area contributed by atoms with Crippen LogP contribution in [0.1, 0.15) is 53.4 Å². The number of amides is 2. The summed E-state index contributed by atoms with van der Waals surface area (Å²) in [6.45, 7) is 11.1. The molecular weight excluding hydrogens is 200 g/mol. The van der Waals surface area contributed by atoms with E-state index in [1.165, 1.54) is 0 Å². The average molecular weight is 228 g/mol. The van der Waals surface area contributed by atoms with E-state index in [1.807, 2.05) is 4.90 Å². The first kappa shape index (κ1) is 15.3. The van der Waals surface area contributed by atoms with Crippen molar-refractivity contribution in [3.05, 3.63) is 0 Å². The van der Waals surface area contributed by atoms with Crippen LogP contribution in [0.25, 0.3) is 0 Å². The molecule has 0 saturated heterocycles. The van der Waals surface area contributed by atoms with Gasteiger partial charge in [-0.25, -0.2) is 4.79 Å². The maximum Gasteiger partial charge on any atom is 0.317 e. The average Bonchev–Trinajstić information content (AvgIpc) is 2.26. The largest absolute Gasteiger partial charge is 0.338 e. The number of carbonyl (C=O) groups is 1. The van der Waals surface area contributed by atoms with Crippen LogP contribution in [0.3, 0.4) is 0 Å². The maximum atomic E-state index is 11.9. The van der Waals surface area contributed by atoms with Gasteiger partial charge in [0.15, 0.2) is 0 Å². The molecule has 2 amide bonds. The molecule has 0 aliphatic carbocycles. The Bertz CT molecular complexity index is 173. The molecule has 0 fully saturated rings. The zero-order chi connectivity index (χ0) is 12.4. The minimum absolute atomic E-state index is 0.107. The van der Waals surface area contributed by atoms with Crippen LogP contribution in [0.5, 0.6) is 0 Å². The molecule has 0 bridgehead atoms. The van der Waals surface area contributed by atoms with Gasteiger partial charge in [-0.15, -0.1) is 0 Å². The van der Waals surface area contributed by atoms with Crippen molar-refractivity contribution in [1.82, 2.24) is 10.2 Å². The molecule has 0 aromatic carbocycles. The Morgan fingerprint density at radius 3 is 2.00 bits per heavy atom. The van der Waals surface area contributed by atoms with Crippen molar-refractivity contribution in [2.24, 2.45) is 5.92 Å². The molecule has 0 heterocycles. The van der Waals surface area contributed by atoms with Crippen molar-refractivity contribution in [1.29, 1.82) is 0 Å². The highest BCUT2D eigenvalue weighted by Gasteiger charge is 2.11. The smallest absolute Gasteiger partial charge is 0.317 e. The summed E-state index contributed by atoms with van der Waals surface area (Å²) in [7, 11) is 0. The van der Waals surface area contributed by atoms with Crippen LogP contribution in [-0.2, 0) is 0 Å².